The van der Waals surface area contributed by atoms with Gasteiger partial charge in [0.15, 0.2) is 0 Å². The van der Waals surface area contributed by atoms with Crippen molar-refractivity contribution in [2.45, 2.75) is 6.54 Å². The van der Waals surface area contributed by atoms with Crippen LogP contribution in [0.5, 0.6) is 5.75 Å². The maximum absolute atomic E-state index is 5.59. The molecule has 0 unspecified atom stereocenters. The molecule has 0 aromatic heterocycles. The van der Waals surface area contributed by atoms with Crippen molar-refractivity contribution in [3.63, 3.8) is 0 Å². The van der Waals surface area contributed by atoms with Gasteiger partial charge in [-0.15, -0.1) is 0 Å². The van der Waals surface area contributed by atoms with Gasteiger partial charge in [0, 0.05) is 45.8 Å². The normalized spacial score (nSPS) is 15.5. The number of ether oxygens (including phenoxy) is 1. The summed E-state index contributed by atoms with van der Waals surface area (Å²) in [6.45, 7) is 7.08. The van der Waals surface area contributed by atoms with Gasteiger partial charge in [0.2, 0.25) is 0 Å². The Morgan fingerprint density at radius 1 is 1.29 bits per heavy atom. The molecule has 118 valence electrons. The highest BCUT2D eigenvalue weighted by molar-refractivity contribution is 5.60. The zero-order valence-electron chi connectivity index (χ0n) is 13.5. The summed E-state index contributed by atoms with van der Waals surface area (Å²) in [5.41, 5.74) is 2.47. The van der Waals surface area contributed by atoms with Crippen LogP contribution in [0.4, 0.5) is 5.69 Å². The molecule has 0 bridgehead atoms. The first-order valence-electron chi connectivity index (χ1n) is 7.68. The van der Waals surface area contributed by atoms with E-state index in [0.29, 0.717) is 0 Å². The Hall–Kier alpha value is -1.30. The fourth-order valence-corrected chi connectivity index (χ4v) is 2.53. The van der Waals surface area contributed by atoms with Gasteiger partial charge in [-0.25, -0.2) is 0 Å². The highest BCUT2D eigenvalue weighted by Crippen LogP contribution is 2.29. The Balaban J connectivity index is 1.95. The molecule has 0 aliphatic carbocycles. The van der Waals surface area contributed by atoms with Crippen molar-refractivity contribution >= 4 is 5.69 Å². The summed E-state index contributed by atoms with van der Waals surface area (Å²) < 4.78 is 5.59. The standard InChI is InChI=1S/C16H28N4O/c1-19(2)9-6-18-13-14-4-5-15(16(12-14)21-3)20-10-7-17-8-11-20/h4-5,12,17-18H,6-11,13H2,1-3H3. The quantitative estimate of drug-likeness (QED) is 0.726. The Morgan fingerprint density at radius 2 is 2.05 bits per heavy atom. The van der Waals surface area contributed by atoms with E-state index in [1.807, 2.05) is 0 Å². The number of nitrogens with zero attached hydrogens (tertiary/aromatic N) is 2. The highest BCUT2D eigenvalue weighted by atomic mass is 16.5. The third-order valence-electron chi connectivity index (χ3n) is 3.77. The van der Waals surface area contributed by atoms with Crippen molar-refractivity contribution in [3.05, 3.63) is 23.8 Å². The molecule has 0 saturated carbocycles. The number of benzene rings is 1. The van der Waals surface area contributed by atoms with Crippen LogP contribution in [0, 0.1) is 0 Å². The number of nitrogens with one attached hydrogen (secondary N) is 2. The largest absolute Gasteiger partial charge is 0.495 e. The first-order chi connectivity index (χ1) is 10.2. The van der Waals surface area contributed by atoms with Gasteiger partial charge in [-0.2, -0.15) is 0 Å². The van der Waals surface area contributed by atoms with Gasteiger partial charge in [-0.1, -0.05) is 6.07 Å². The number of hydrogen-bond donors (Lipinski definition) is 2. The molecule has 0 atom stereocenters. The summed E-state index contributed by atoms with van der Waals surface area (Å²) in [6.07, 6.45) is 0. The van der Waals surface area contributed by atoms with Crippen molar-refractivity contribution < 1.29 is 4.74 Å². The summed E-state index contributed by atoms with van der Waals surface area (Å²) in [7, 11) is 5.93. The fraction of sp³-hybridized carbons (Fsp3) is 0.625. The van der Waals surface area contributed by atoms with E-state index in [9.17, 15) is 0 Å². The molecule has 0 spiro atoms. The number of hydrogen-bond acceptors (Lipinski definition) is 5. The predicted octanol–water partition coefficient (Wildman–Crippen LogP) is 0.756. The maximum atomic E-state index is 5.59. The number of anilines is 1. The second-order valence-corrected chi connectivity index (χ2v) is 5.72. The zero-order valence-corrected chi connectivity index (χ0v) is 13.5. The van der Waals surface area contributed by atoms with Crippen molar-refractivity contribution in [1.82, 2.24) is 15.5 Å². The van der Waals surface area contributed by atoms with Crippen LogP contribution in [0.15, 0.2) is 18.2 Å². The van der Waals surface area contributed by atoms with E-state index in [2.05, 4.69) is 52.7 Å². The lowest BCUT2D eigenvalue weighted by molar-refractivity contribution is 0.399. The molecule has 1 aliphatic heterocycles. The summed E-state index contributed by atoms with van der Waals surface area (Å²) >= 11 is 0. The molecule has 0 amide bonds. The van der Waals surface area contributed by atoms with Gasteiger partial charge in [0.25, 0.3) is 0 Å². The Morgan fingerprint density at radius 3 is 2.71 bits per heavy atom. The van der Waals surface area contributed by atoms with Crippen LogP contribution in [0.1, 0.15) is 5.56 Å². The first kappa shape index (κ1) is 16.1. The van der Waals surface area contributed by atoms with Gasteiger partial charge in [0.1, 0.15) is 5.75 Å². The van der Waals surface area contributed by atoms with Crippen molar-refractivity contribution in [2.75, 3.05) is 65.4 Å². The monoisotopic (exact) mass is 292 g/mol. The molecule has 1 aromatic rings. The number of piperazine rings is 1. The van der Waals surface area contributed by atoms with Crippen LogP contribution in [0.25, 0.3) is 0 Å². The number of rotatable bonds is 7. The molecule has 2 rings (SSSR count). The molecule has 5 nitrogen and oxygen atoms in total. The van der Waals surface area contributed by atoms with Crippen LogP contribution >= 0.6 is 0 Å². The average molecular weight is 292 g/mol. The van der Waals surface area contributed by atoms with Crippen LogP contribution in [0.3, 0.4) is 0 Å². The molecule has 21 heavy (non-hydrogen) atoms. The van der Waals surface area contributed by atoms with Gasteiger partial charge >= 0.3 is 0 Å². The van der Waals surface area contributed by atoms with E-state index in [1.165, 1.54) is 11.3 Å². The van der Waals surface area contributed by atoms with E-state index in [4.69, 9.17) is 4.74 Å². The minimum Gasteiger partial charge on any atom is -0.495 e. The first-order valence-corrected chi connectivity index (χ1v) is 7.68. The van der Waals surface area contributed by atoms with E-state index >= 15 is 0 Å². The molecule has 5 heteroatoms. The molecule has 1 heterocycles. The molecule has 0 radical (unpaired) electrons. The van der Waals surface area contributed by atoms with Gasteiger partial charge in [-0.3, -0.25) is 0 Å². The third-order valence-corrected chi connectivity index (χ3v) is 3.77. The third kappa shape index (κ3) is 4.88. The number of methoxy groups -OCH3 is 1. The second-order valence-electron chi connectivity index (χ2n) is 5.72. The lowest BCUT2D eigenvalue weighted by Gasteiger charge is -2.30. The topological polar surface area (TPSA) is 39.8 Å². The fourth-order valence-electron chi connectivity index (χ4n) is 2.53. The molecule has 1 saturated heterocycles. The summed E-state index contributed by atoms with van der Waals surface area (Å²) in [4.78, 5) is 4.57. The minimum atomic E-state index is 0.881. The van der Waals surface area contributed by atoms with Crippen LogP contribution in [0.2, 0.25) is 0 Å². The molecular formula is C16H28N4O. The minimum absolute atomic E-state index is 0.881. The second kappa shape index (κ2) is 8.22. The van der Waals surface area contributed by atoms with Crippen molar-refractivity contribution in [2.24, 2.45) is 0 Å². The summed E-state index contributed by atoms with van der Waals surface area (Å²) in [5, 5.41) is 6.84. The zero-order chi connectivity index (χ0) is 15.1. The smallest absolute Gasteiger partial charge is 0.142 e. The lowest BCUT2D eigenvalue weighted by atomic mass is 10.1. The summed E-state index contributed by atoms with van der Waals surface area (Å²) in [6, 6.07) is 6.54. The highest BCUT2D eigenvalue weighted by Gasteiger charge is 2.14. The Kier molecular flexibility index (Phi) is 6.29. The molecular weight excluding hydrogens is 264 g/mol. The van der Waals surface area contributed by atoms with E-state index in [0.717, 1.165) is 51.6 Å². The SMILES string of the molecule is COc1cc(CNCCN(C)C)ccc1N1CCNCC1. The Bertz CT molecular complexity index is 430. The van der Waals surface area contributed by atoms with Crippen molar-refractivity contribution in [3.8, 4) is 5.75 Å². The molecule has 1 aliphatic rings. The average Bonchev–Trinajstić information content (AvgIpc) is 2.52. The molecule has 2 N–H and O–H groups in total. The van der Waals surface area contributed by atoms with Crippen LogP contribution in [-0.2, 0) is 6.54 Å². The van der Waals surface area contributed by atoms with Crippen LogP contribution in [-0.4, -0.2) is 65.4 Å². The molecule has 1 fully saturated rings. The van der Waals surface area contributed by atoms with Gasteiger partial charge < -0.3 is 25.2 Å². The maximum Gasteiger partial charge on any atom is 0.142 e. The van der Waals surface area contributed by atoms with E-state index in [1.54, 1.807) is 7.11 Å². The lowest BCUT2D eigenvalue weighted by Crippen LogP contribution is -2.43. The van der Waals surface area contributed by atoms with Gasteiger partial charge in [-0.05, 0) is 31.8 Å². The van der Waals surface area contributed by atoms with Crippen molar-refractivity contribution in [1.29, 1.82) is 0 Å². The predicted molar refractivity (Wildman–Crippen MR) is 88.3 cm³/mol. The van der Waals surface area contributed by atoms with E-state index < -0.39 is 0 Å². The Labute approximate surface area is 128 Å². The van der Waals surface area contributed by atoms with E-state index in [-0.39, 0.29) is 0 Å². The number of likely N-dealkylation sites (N-methyl/N-ethyl adjacent to an activating group) is 1. The molecule has 1 aromatic carbocycles. The van der Waals surface area contributed by atoms with Crippen LogP contribution < -0.4 is 20.3 Å². The summed E-state index contributed by atoms with van der Waals surface area (Å²) in [5.74, 6) is 0.976. The van der Waals surface area contributed by atoms with Gasteiger partial charge in [0.05, 0.1) is 12.8 Å².